The SMILES string of the molecule is CCC(C)CCCCCCc1ccc2c(N(c3ccc(C)cc3)c3ccc(C(C)C)cc3)c3ccccc3c(N(c3ccc(C)cc3)c3ccc(C(C)C)cc3)c2c1. The van der Waals surface area contributed by atoms with Crippen LogP contribution in [0.2, 0.25) is 0 Å². The number of hydrogen-bond donors (Lipinski definition) is 0. The molecule has 2 heteroatoms. The second kappa shape index (κ2) is 18.5. The average Bonchev–Trinajstić information content (AvgIpc) is 3.24. The molecule has 0 aliphatic carbocycles. The summed E-state index contributed by atoms with van der Waals surface area (Å²) in [6.07, 6.45) is 8.83. The molecule has 7 rings (SSSR count). The van der Waals surface area contributed by atoms with Crippen molar-refractivity contribution in [3.05, 3.63) is 167 Å². The average molecular weight is 765 g/mol. The lowest BCUT2D eigenvalue weighted by atomic mass is 9.92. The maximum absolute atomic E-state index is 2.53. The van der Waals surface area contributed by atoms with E-state index in [4.69, 9.17) is 0 Å². The van der Waals surface area contributed by atoms with E-state index in [9.17, 15) is 0 Å². The maximum atomic E-state index is 2.53. The lowest BCUT2D eigenvalue weighted by molar-refractivity contribution is 0.475. The second-order valence-electron chi connectivity index (χ2n) is 17.4. The van der Waals surface area contributed by atoms with Crippen LogP contribution in [-0.2, 0) is 6.42 Å². The number of anilines is 6. The third-order valence-corrected chi connectivity index (χ3v) is 12.3. The second-order valence-corrected chi connectivity index (χ2v) is 17.4. The molecular formula is C56H64N2. The van der Waals surface area contributed by atoms with Crippen LogP contribution in [-0.4, -0.2) is 0 Å². The molecule has 0 saturated heterocycles. The van der Waals surface area contributed by atoms with Crippen LogP contribution in [0.5, 0.6) is 0 Å². The third-order valence-electron chi connectivity index (χ3n) is 12.3. The minimum Gasteiger partial charge on any atom is -0.309 e. The van der Waals surface area contributed by atoms with E-state index in [0.29, 0.717) is 11.8 Å². The molecule has 7 aromatic rings. The topological polar surface area (TPSA) is 6.48 Å². The predicted octanol–water partition coefficient (Wildman–Crippen LogP) is 17.3. The van der Waals surface area contributed by atoms with Crippen molar-refractivity contribution in [2.24, 2.45) is 5.92 Å². The van der Waals surface area contributed by atoms with Gasteiger partial charge in [0.2, 0.25) is 0 Å². The molecule has 58 heavy (non-hydrogen) atoms. The van der Waals surface area contributed by atoms with E-state index in [1.807, 2.05) is 0 Å². The number of unbranched alkanes of at least 4 members (excludes halogenated alkanes) is 3. The zero-order valence-corrected chi connectivity index (χ0v) is 36.4. The van der Waals surface area contributed by atoms with Gasteiger partial charge in [0, 0.05) is 44.3 Å². The Morgan fingerprint density at radius 3 is 1.29 bits per heavy atom. The number of benzene rings is 7. The van der Waals surface area contributed by atoms with Gasteiger partial charge in [-0.25, -0.2) is 0 Å². The first-order valence-corrected chi connectivity index (χ1v) is 22.0. The predicted molar refractivity (Wildman–Crippen MR) is 255 cm³/mol. The minimum absolute atomic E-state index is 0.461. The summed E-state index contributed by atoms with van der Waals surface area (Å²) in [4.78, 5) is 5.02. The highest BCUT2D eigenvalue weighted by atomic mass is 15.2. The molecule has 0 spiro atoms. The molecule has 7 aromatic carbocycles. The number of fused-ring (bicyclic) bond motifs is 2. The van der Waals surface area contributed by atoms with Gasteiger partial charge in [-0.15, -0.1) is 0 Å². The first kappa shape index (κ1) is 40.8. The molecule has 0 aliphatic rings. The summed E-state index contributed by atoms with van der Waals surface area (Å²) in [6.45, 7) is 18.1. The fourth-order valence-corrected chi connectivity index (χ4v) is 8.42. The first-order chi connectivity index (χ1) is 28.1. The monoisotopic (exact) mass is 765 g/mol. The van der Waals surface area contributed by atoms with Crippen molar-refractivity contribution in [3.8, 4) is 0 Å². The van der Waals surface area contributed by atoms with Crippen LogP contribution < -0.4 is 9.80 Å². The van der Waals surface area contributed by atoms with Gasteiger partial charge in [-0.2, -0.15) is 0 Å². The number of hydrogen-bond acceptors (Lipinski definition) is 2. The normalized spacial score (nSPS) is 12.2. The van der Waals surface area contributed by atoms with E-state index in [1.165, 1.54) is 105 Å². The van der Waals surface area contributed by atoms with Crippen LogP contribution in [0.3, 0.4) is 0 Å². The van der Waals surface area contributed by atoms with Gasteiger partial charge in [-0.1, -0.05) is 170 Å². The Kier molecular flexibility index (Phi) is 13.0. The molecule has 1 atom stereocenters. The standard InChI is InChI=1S/C56H64N2/c1-9-41(6)16-12-10-11-13-17-44-24-37-53-54(38-44)56(58(48-31-22-43(8)23-32-48)50-35-27-46(28-36-50)40(4)5)52-19-15-14-18-51(52)55(53)57(47-29-20-42(7)21-30-47)49-33-25-45(26-34-49)39(2)3/h14-15,18-41H,9-13,16-17H2,1-8H3. The summed E-state index contributed by atoms with van der Waals surface area (Å²) in [7, 11) is 0. The number of aryl methyl sites for hydroxylation is 3. The fraction of sp³-hybridized carbons (Fsp3) is 0.321. The van der Waals surface area contributed by atoms with Crippen LogP contribution in [0, 0.1) is 19.8 Å². The summed E-state index contributed by atoms with van der Waals surface area (Å²) < 4.78 is 0. The smallest absolute Gasteiger partial charge is 0.0620 e. The molecule has 2 nitrogen and oxygen atoms in total. The van der Waals surface area contributed by atoms with Crippen LogP contribution in [0.1, 0.15) is 120 Å². The van der Waals surface area contributed by atoms with Gasteiger partial charge in [-0.05, 0) is 116 Å². The Labute approximate surface area is 349 Å². The van der Waals surface area contributed by atoms with Crippen LogP contribution in [0.15, 0.2) is 140 Å². The number of rotatable bonds is 16. The Balaban J connectivity index is 1.49. The van der Waals surface area contributed by atoms with Crippen molar-refractivity contribution in [3.63, 3.8) is 0 Å². The van der Waals surface area contributed by atoms with E-state index >= 15 is 0 Å². The van der Waals surface area contributed by atoms with Crippen LogP contribution >= 0.6 is 0 Å². The minimum atomic E-state index is 0.461. The zero-order valence-electron chi connectivity index (χ0n) is 36.4. The molecule has 0 radical (unpaired) electrons. The van der Waals surface area contributed by atoms with Gasteiger partial charge >= 0.3 is 0 Å². The van der Waals surface area contributed by atoms with Gasteiger partial charge in [0.1, 0.15) is 0 Å². The molecule has 0 amide bonds. The van der Waals surface area contributed by atoms with Crippen molar-refractivity contribution >= 4 is 55.7 Å². The zero-order chi connectivity index (χ0) is 40.8. The first-order valence-electron chi connectivity index (χ1n) is 22.0. The van der Waals surface area contributed by atoms with E-state index in [-0.39, 0.29) is 0 Å². The Hall–Kier alpha value is -5.34. The van der Waals surface area contributed by atoms with Crippen molar-refractivity contribution < 1.29 is 0 Å². The van der Waals surface area contributed by atoms with Crippen molar-refractivity contribution in [2.45, 2.75) is 112 Å². The highest BCUT2D eigenvalue weighted by Gasteiger charge is 2.26. The molecular weight excluding hydrogens is 701 g/mol. The van der Waals surface area contributed by atoms with Gasteiger partial charge in [0.15, 0.2) is 0 Å². The largest absolute Gasteiger partial charge is 0.309 e. The molecule has 1 unspecified atom stereocenters. The van der Waals surface area contributed by atoms with E-state index in [2.05, 4.69) is 205 Å². The lowest BCUT2D eigenvalue weighted by Gasteiger charge is -2.33. The Morgan fingerprint density at radius 2 is 0.845 bits per heavy atom. The van der Waals surface area contributed by atoms with Crippen molar-refractivity contribution in [1.29, 1.82) is 0 Å². The van der Waals surface area contributed by atoms with Crippen molar-refractivity contribution in [1.82, 2.24) is 0 Å². The van der Waals surface area contributed by atoms with E-state index in [1.54, 1.807) is 0 Å². The van der Waals surface area contributed by atoms with E-state index in [0.717, 1.165) is 29.4 Å². The van der Waals surface area contributed by atoms with Gasteiger partial charge in [0.05, 0.1) is 11.4 Å². The summed E-state index contributed by atoms with van der Waals surface area (Å²) in [5.41, 5.74) is 13.7. The summed E-state index contributed by atoms with van der Waals surface area (Å²) in [6, 6.07) is 53.1. The van der Waals surface area contributed by atoms with Gasteiger partial charge in [-0.3, -0.25) is 0 Å². The highest BCUT2D eigenvalue weighted by molar-refractivity contribution is 6.23. The van der Waals surface area contributed by atoms with Crippen LogP contribution in [0.25, 0.3) is 21.5 Å². The lowest BCUT2D eigenvalue weighted by Crippen LogP contribution is -2.15. The van der Waals surface area contributed by atoms with Gasteiger partial charge in [0.25, 0.3) is 0 Å². The molecule has 0 bridgehead atoms. The molecule has 298 valence electrons. The molecule has 0 N–H and O–H groups in total. The summed E-state index contributed by atoms with van der Waals surface area (Å²) in [5.74, 6) is 1.75. The maximum Gasteiger partial charge on any atom is 0.0620 e. The van der Waals surface area contributed by atoms with Gasteiger partial charge < -0.3 is 9.80 Å². The fourth-order valence-electron chi connectivity index (χ4n) is 8.42. The molecule has 0 fully saturated rings. The number of nitrogens with zero attached hydrogens (tertiary/aromatic N) is 2. The molecule has 0 heterocycles. The molecule has 0 saturated carbocycles. The summed E-state index contributed by atoms with van der Waals surface area (Å²) in [5, 5.41) is 4.97. The quantitative estimate of drug-likeness (QED) is 0.0549. The third kappa shape index (κ3) is 9.02. The van der Waals surface area contributed by atoms with Crippen LogP contribution in [0.4, 0.5) is 34.1 Å². The Bertz CT molecular complexity index is 2400. The van der Waals surface area contributed by atoms with E-state index < -0.39 is 0 Å². The van der Waals surface area contributed by atoms with Crippen molar-refractivity contribution in [2.75, 3.05) is 9.80 Å². The molecule has 0 aromatic heterocycles. The summed E-state index contributed by atoms with van der Waals surface area (Å²) >= 11 is 0. The highest BCUT2D eigenvalue weighted by Crippen LogP contribution is 2.51. The Morgan fingerprint density at radius 1 is 0.431 bits per heavy atom. The molecule has 0 aliphatic heterocycles.